The summed E-state index contributed by atoms with van der Waals surface area (Å²) in [6.45, 7) is 1.85. The minimum Gasteiger partial charge on any atom is -0.352 e. The SMILES string of the molecule is CN(C)CCCNC(=O)c1ccc(Cl)c(N2CCCCS2(=O)=O)c1. The minimum absolute atomic E-state index is 0.115. The summed E-state index contributed by atoms with van der Waals surface area (Å²) in [6, 6.07) is 4.76. The van der Waals surface area contributed by atoms with E-state index in [2.05, 4.69) is 5.32 Å². The molecule has 1 aliphatic rings. The Morgan fingerprint density at radius 3 is 2.75 bits per heavy atom. The first-order chi connectivity index (χ1) is 11.3. The van der Waals surface area contributed by atoms with Gasteiger partial charge in [-0.25, -0.2) is 8.42 Å². The third-order valence-corrected chi connectivity index (χ3v) is 6.07. The first kappa shape index (κ1) is 19.0. The van der Waals surface area contributed by atoms with Gasteiger partial charge in [-0.05, 0) is 58.1 Å². The Bertz CT molecular complexity index is 692. The lowest BCUT2D eigenvalue weighted by Crippen LogP contribution is -2.38. The van der Waals surface area contributed by atoms with Crippen molar-refractivity contribution in [1.29, 1.82) is 0 Å². The summed E-state index contributed by atoms with van der Waals surface area (Å²) in [5, 5.41) is 3.19. The number of halogens is 1. The quantitative estimate of drug-likeness (QED) is 0.774. The van der Waals surface area contributed by atoms with Crippen LogP contribution in [-0.4, -0.2) is 58.7 Å². The molecule has 0 radical (unpaired) electrons. The summed E-state index contributed by atoms with van der Waals surface area (Å²) in [4.78, 5) is 14.3. The van der Waals surface area contributed by atoms with E-state index in [1.165, 1.54) is 4.31 Å². The molecule has 0 bridgehead atoms. The summed E-state index contributed by atoms with van der Waals surface area (Å²) >= 11 is 6.18. The van der Waals surface area contributed by atoms with Crippen LogP contribution in [0.4, 0.5) is 5.69 Å². The van der Waals surface area contributed by atoms with E-state index in [1.807, 2.05) is 19.0 Å². The maximum absolute atomic E-state index is 12.3. The topological polar surface area (TPSA) is 69.7 Å². The van der Waals surface area contributed by atoms with Crippen LogP contribution in [0.15, 0.2) is 18.2 Å². The van der Waals surface area contributed by atoms with Crippen molar-refractivity contribution in [3.63, 3.8) is 0 Å². The van der Waals surface area contributed by atoms with Crippen LogP contribution >= 0.6 is 11.6 Å². The molecule has 0 spiro atoms. The first-order valence-corrected chi connectivity index (χ1v) is 10.0. The van der Waals surface area contributed by atoms with Crippen LogP contribution in [0.2, 0.25) is 5.02 Å². The van der Waals surface area contributed by atoms with Crippen molar-refractivity contribution in [2.24, 2.45) is 0 Å². The summed E-state index contributed by atoms with van der Waals surface area (Å²) < 4.78 is 25.8. The number of nitrogens with one attached hydrogen (secondary N) is 1. The second-order valence-electron chi connectivity index (χ2n) is 6.17. The fraction of sp³-hybridized carbons (Fsp3) is 0.562. The Morgan fingerprint density at radius 2 is 2.08 bits per heavy atom. The maximum atomic E-state index is 12.3. The fourth-order valence-electron chi connectivity index (χ4n) is 2.60. The van der Waals surface area contributed by atoms with Crippen molar-refractivity contribution in [1.82, 2.24) is 10.2 Å². The number of anilines is 1. The lowest BCUT2D eigenvalue weighted by Gasteiger charge is -2.29. The van der Waals surface area contributed by atoms with Gasteiger partial charge in [-0.2, -0.15) is 0 Å². The van der Waals surface area contributed by atoms with E-state index in [-0.39, 0.29) is 11.7 Å². The van der Waals surface area contributed by atoms with Gasteiger partial charge in [0.1, 0.15) is 0 Å². The van der Waals surface area contributed by atoms with Gasteiger partial charge in [0.2, 0.25) is 10.0 Å². The van der Waals surface area contributed by atoms with Crippen LogP contribution in [0, 0.1) is 0 Å². The highest BCUT2D eigenvalue weighted by Crippen LogP contribution is 2.31. The van der Waals surface area contributed by atoms with Crippen LogP contribution in [0.1, 0.15) is 29.6 Å². The molecule has 8 heteroatoms. The predicted octanol–water partition coefficient (Wildman–Crippen LogP) is 1.95. The van der Waals surface area contributed by atoms with Gasteiger partial charge in [0, 0.05) is 18.7 Å². The monoisotopic (exact) mass is 373 g/mol. The van der Waals surface area contributed by atoms with Crippen LogP contribution in [0.25, 0.3) is 0 Å². The molecule has 1 heterocycles. The van der Waals surface area contributed by atoms with E-state index in [9.17, 15) is 13.2 Å². The first-order valence-electron chi connectivity index (χ1n) is 8.04. The predicted molar refractivity (Wildman–Crippen MR) is 97.3 cm³/mol. The summed E-state index contributed by atoms with van der Waals surface area (Å²) in [5.41, 5.74) is 0.803. The number of sulfonamides is 1. The van der Waals surface area contributed by atoms with Crippen LogP contribution in [0.5, 0.6) is 0 Å². The van der Waals surface area contributed by atoms with E-state index < -0.39 is 10.0 Å². The number of carbonyl (C=O) groups excluding carboxylic acids is 1. The van der Waals surface area contributed by atoms with Crippen molar-refractivity contribution in [2.75, 3.05) is 43.8 Å². The molecule has 0 saturated carbocycles. The summed E-state index contributed by atoms with van der Waals surface area (Å²) in [5.74, 6) is -0.106. The molecular formula is C16H24ClN3O3S. The normalized spacial score (nSPS) is 17.1. The number of rotatable bonds is 6. The molecule has 0 unspecified atom stereocenters. The largest absolute Gasteiger partial charge is 0.352 e. The number of amides is 1. The van der Waals surface area contributed by atoms with Crippen molar-refractivity contribution < 1.29 is 13.2 Å². The molecular weight excluding hydrogens is 350 g/mol. The molecule has 2 rings (SSSR count). The zero-order chi connectivity index (χ0) is 17.7. The third-order valence-electron chi connectivity index (χ3n) is 3.89. The Labute approximate surface area is 148 Å². The van der Waals surface area contributed by atoms with Gasteiger partial charge < -0.3 is 10.2 Å². The number of benzene rings is 1. The second-order valence-corrected chi connectivity index (χ2v) is 8.59. The zero-order valence-corrected chi connectivity index (χ0v) is 15.7. The van der Waals surface area contributed by atoms with Gasteiger partial charge in [-0.1, -0.05) is 11.6 Å². The van der Waals surface area contributed by atoms with E-state index >= 15 is 0 Å². The highest BCUT2D eigenvalue weighted by atomic mass is 35.5. The number of hydrogen-bond acceptors (Lipinski definition) is 4. The lowest BCUT2D eigenvalue weighted by molar-refractivity contribution is 0.0952. The molecule has 134 valence electrons. The molecule has 1 amide bonds. The van der Waals surface area contributed by atoms with Crippen LogP contribution in [-0.2, 0) is 10.0 Å². The van der Waals surface area contributed by atoms with Crippen molar-refractivity contribution in [3.8, 4) is 0 Å². The van der Waals surface area contributed by atoms with Gasteiger partial charge in [0.15, 0.2) is 0 Å². The smallest absolute Gasteiger partial charge is 0.251 e. The maximum Gasteiger partial charge on any atom is 0.251 e. The summed E-state index contributed by atoms with van der Waals surface area (Å²) in [6.07, 6.45) is 2.29. The molecule has 1 aliphatic heterocycles. The Balaban J connectivity index is 2.12. The van der Waals surface area contributed by atoms with Gasteiger partial charge in [0.25, 0.3) is 5.91 Å². The zero-order valence-electron chi connectivity index (χ0n) is 14.1. The number of nitrogens with zero attached hydrogens (tertiary/aromatic N) is 2. The highest BCUT2D eigenvalue weighted by molar-refractivity contribution is 7.92. The van der Waals surface area contributed by atoms with Gasteiger partial charge in [0.05, 0.1) is 16.5 Å². The molecule has 1 aromatic rings. The molecule has 0 aliphatic carbocycles. The van der Waals surface area contributed by atoms with Gasteiger partial charge >= 0.3 is 0 Å². The van der Waals surface area contributed by atoms with Crippen molar-refractivity contribution >= 4 is 33.2 Å². The van der Waals surface area contributed by atoms with Crippen molar-refractivity contribution in [2.45, 2.75) is 19.3 Å². The molecule has 1 aromatic carbocycles. The van der Waals surface area contributed by atoms with E-state index in [4.69, 9.17) is 11.6 Å². The summed E-state index contributed by atoms with van der Waals surface area (Å²) in [7, 11) is 0.597. The Kier molecular flexibility index (Phi) is 6.48. The minimum atomic E-state index is -3.36. The second kappa shape index (κ2) is 8.18. The highest BCUT2D eigenvalue weighted by Gasteiger charge is 2.28. The molecule has 1 saturated heterocycles. The average molecular weight is 374 g/mol. The van der Waals surface area contributed by atoms with Crippen LogP contribution in [0.3, 0.4) is 0 Å². The Morgan fingerprint density at radius 1 is 1.33 bits per heavy atom. The molecule has 24 heavy (non-hydrogen) atoms. The standard InChI is InChI=1S/C16H24ClN3O3S/c1-19(2)9-5-8-18-16(21)13-6-7-14(17)15(12-13)20-10-3-4-11-24(20,22)23/h6-7,12H,3-5,8-11H2,1-2H3,(H,18,21). The molecule has 1 N–H and O–H groups in total. The number of hydrogen-bond donors (Lipinski definition) is 1. The average Bonchev–Trinajstić information content (AvgIpc) is 2.51. The molecule has 1 fully saturated rings. The van der Waals surface area contributed by atoms with Crippen molar-refractivity contribution in [3.05, 3.63) is 28.8 Å². The van der Waals surface area contributed by atoms with Gasteiger partial charge in [-0.15, -0.1) is 0 Å². The van der Waals surface area contributed by atoms with Gasteiger partial charge in [-0.3, -0.25) is 9.10 Å². The fourth-order valence-corrected chi connectivity index (χ4v) is 4.52. The van der Waals surface area contributed by atoms with E-state index in [0.717, 1.165) is 19.4 Å². The van der Waals surface area contributed by atoms with E-state index in [1.54, 1.807) is 18.2 Å². The Hall–Kier alpha value is -1.31. The molecule has 0 aromatic heterocycles. The molecule has 6 nitrogen and oxygen atoms in total. The van der Waals surface area contributed by atoms with E-state index in [0.29, 0.717) is 35.8 Å². The third kappa shape index (κ3) is 4.84. The number of carbonyl (C=O) groups is 1. The van der Waals surface area contributed by atoms with Crippen LogP contribution < -0.4 is 9.62 Å². The lowest BCUT2D eigenvalue weighted by atomic mass is 10.1. The molecule has 0 atom stereocenters.